The number of aliphatic hydroxyl groups is 1. The fourth-order valence-corrected chi connectivity index (χ4v) is 3.58. The number of carbonyl (C=O) groups excluding carboxylic acids is 1. The summed E-state index contributed by atoms with van der Waals surface area (Å²) in [5.41, 5.74) is 0.656. The molecule has 0 unspecified atom stereocenters. The Balaban J connectivity index is 2.31. The largest absolute Gasteiger partial charge is 0.396 e. The lowest BCUT2D eigenvalue weighted by atomic mass is 9.85. The monoisotopic (exact) mass is 323 g/mol. The maximum Gasteiger partial charge on any atom is 0.261 e. The van der Waals surface area contributed by atoms with Crippen molar-refractivity contribution >= 4 is 27.3 Å². The molecule has 0 bridgehead atoms. The molecule has 1 atom stereocenters. The first-order valence-electron chi connectivity index (χ1n) is 7.34. The van der Waals surface area contributed by atoms with Crippen LogP contribution in [0, 0.1) is 18.2 Å². The molecule has 1 amide bonds. The second-order valence-corrected chi connectivity index (χ2v) is 7.65. The van der Waals surface area contributed by atoms with Gasteiger partial charge < -0.3 is 10.4 Å². The van der Waals surface area contributed by atoms with Crippen molar-refractivity contribution in [2.24, 2.45) is 5.41 Å². The van der Waals surface area contributed by atoms with Crippen molar-refractivity contribution in [2.45, 2.75) is 40.2 Å². The Kier molecular flexibility index (Phi) is 4.87. The topological polar surface area (TPSA) is 49.3 Å². The Bertz CT molecular complexity index is 688. The number of carbonyl (C=O) groups is 1. The van der Waals surface area contributed by atoms with E-state index in [1.165, 1.54) is 23.5 Å². The smallest absolute Gasteiger partial charge is 0.261 e. The number of nitrogens with one attached hydrogen (secondary N) is 1. The molecule has 120 valence electrons. The third-order valence-electron chi connectivity index (χ3n) is 3.87. The molecule has 0 aliphatic heterocycles. The van der Waals surface area contributed by atoms with Gasteiger partial charge in [0.15, 0.2) is 0 Å². The third-order valence-corrected chi connectivity index (χ3v) is 5.14. The third kappa shape index (κ3) is 3.47. The van der Waals surface area contributed by atoms with Gasteiger partial charge in [-0.25, -0.2) is 4.39 Å². The highest BCUT2D eigenvalue weighted by molar-refractivity contribution is 7.21. The SMILES string of the molecule is Cc1c(C(=O)N[C@@H](CCO)C(C)(C)C)sc2ccc(F)cc12. The molecule has 2 aromatic rings. The molecule has 0 radical (unpaired) electrons. The molecule has 5 heteroatoms. The second kappa shape index (κ2) is 6.34. The Morgan fingerprint density at radius 2 is 2.09 bits per heavy atom. The van der Waals surface area contributed by atoms with Crippen LogP contribution < -0.4 is 5.32 Å². The van der Waals surface area contributed by atoms with Gasteiger partial charge in [-0.1, -0.05) is 20.8 Å². The molecule has 0 saturated heterocycles. The number of thiophene rings is 1. The number of rotatable bonds is 4. The summed E-state index contributed by atoms with van der Waals surface area (Å²) in [5.74, 6) is -0.458. The van der Waals surface area contributed by atoms with Gasteiger partial charge in [-0.05, 0) is 47.9 Å². The van der Waals surface area contributed by atoms with Crippen molar-refractivity contribution in [3.05, 3.63) is 34.5 Å². The number of hydrogen-bond acceptors (Lipinski definition) is 3. The van der Waals surface area contributed by atoms with Gasteiger partial charge in [0.05, 0.1) is 4.88 Å². The maximum atomic E-state index is 13.4. The Hall–Kier alpha value is -1.46. The van der Waals surface area contributed by atoms with Gasteiger partial charge >= 0.3 is 0 Å². The summed E-state index contributed by atoms with van der Waals surface area (Å²) in [4.78, 5) is 13.2. The first kappa shape index (κ1) is 16.9. The minimum Gasteiger partial charge on any atom is -0.396 e. The maximum absolute atomic E-state index is 13.4. The van der Waals surface area contributed by atoms with Crippen LogP contribution in [0.25, 0.3) is 10.1 Å². The van der Waals surface area contributed by atoms with E-state index in [2.05, 4.69) is 5.32 Å². The van der Waals surface area contributed by atoms with Crippen LogP contribution in [0.15, 0.2) is 18.2 Å². The average molecular weight is 323 g/mol. The van der Waals surface area contributed by atoms with Gasteiger partial charge in [0.1, 0.15) is 5.82 Å². The molecular weight excluding hydrogens is 301 g/mol. The summed E-state index contributed by atoms with van der Waals surface area (Å²) >= 11 is 1.37. The van der Waals surface area contributed by atoms with Crippen LogP contribution >= 0.6 is 11.3 Å². The van der Waals surface area contributed by atoms with Crippen LogP contribution in [-0.4, -0.2) is 23.7 Å². The molecule has 1 heterocycles. The van der Waals surface area contributed by atoms with Crippen LogP contribution in [0.3, 0.4) is 0 Å². The van der Waals surface area contributed by atoms with E-state index in [-0.39, 0.29) is 29.8 Å². The predicted octanol–water partition coefficient (Wildman–Crippen LogP) is 3.88. The molecule has 2 rings (SSSR count). The number of aryl methyl sites for hydroxylation is 1. The minimum absolute atomic E-state index is 0.0266. The molecule has 1 aromatic heterocycles. The van der Waals surface area contributed by atoms with E-state index >= 15 is 0 Å². The molecule has 0 spiro atoms. The van der Waals surface area contributed by atoms with Crippen LogP contribution in [0.4, 0.5) is 4.39 Å². The van der Waals surface area contributed by atoms with Gasteiger partial charge in [-0.3, -0.25) is 4.79 Å². The van der Waals surface area contributed by atoms with Crippen molar-refractivity contribution in [1.29, 1.82) is 0 Å². The zero-order valence-electron chi connectivity index (χ0n) is 13.4. The molecule has 2 N–H and O–H groups in total. The molecule has 0 saturated carbocycles. The minimum atomic E-state index is -0.298. The zero-order valence-corrected chi connectivity index (χ0v) is 14.2. The van der Waals surface area contributed by atoms with E-state index in [1.807, 2.05) is 27.7 Å². The van der Waals surface area contributed by atoms with E-state index in [9.17, 15) is 14.3 Å². The van der Waals surface area contributed by atoms with E-state index in [0.29, 0.717) is 11.3 Å². The first-order valence-corrected chi connectivity index (χ1v) is 8.16. The van der Waals surface area contributed by atoms with Gasteiger partial charge in [-0.15, -0.1) is 11.3 Å². The fraction of sp³-hybridized carbons (Fsp3) is 0.471. The Morgan fingerprint density at radius 1 is 1.41 bits per heavy atom. The van der Waals surface area contributed by atoms with Gasteiger partial charge in [0, 0.05) is 17.3 Å². The van der Waals surface area contributed by atoms with Gasteiger partial charge in [-0.2, -0.15) is 0 Å². The number of aliphatic hydroxyl groups excluding tert-OH is 1. The summed E-state index contributed by atoms with van der Waals surface area (Å²) in [6.07, 6.45) is 0.508. The van der Waals surface area contributed by atoms with Crippen molar-refractivity contribution < 1.29 is 14.3 Å². The quantitative estimate of drug-likeness (QED) is 0.897. The van der Waals surface area contributed by atoms with Crippen molar-refractivity contribution in [2.75, 3.05) is 6.61 Å². The number of amides is 1. The van der Waals surface area contributed by atoms with E-state index in [0.717, 1.165) is 15.6 Å². The lowest BCUT2D eigenvalue weighted by molar-refractivity contribution is 0.0889. The summed E-state index contributed by atoms with van der Waals surface area (Å²) < 4.78 is 14.3. The molecule has 0 fully saturated rings. The summed E-state index contributed by atoms with van der Waals surface area (Å²) in [6.45, 7) is 7.95. The van der Waals surface area contributed by atoms with Crippen LogP contribution in [-0.2, 0) is 0 Å². The molecule has 0 aliphatic carbocycles. The fourth-order valence-electron chi connectivity index (χ4n) is 2.48. The average Bonchev–Trinajstić information content (AvgIpc) is 2.74. The van der Waals surface area contributed by atoms with Gasteiger partial charge in [0.25, 0.3) is 5.91 Å². The lowest BCUT2D eigenvalue weighted by Gasteiger charge is -2.31. The number of hydrogen-bond donors (Lipinski definition) is 2. The number of fused-ring (bicyclic) bond motifs is 1. The number of benzene rings is 1. The predicted molar refractivity (Wildman–Crippen MR) is 88.9 cm³/mol. The number of halogens is 1. The van der Waals surface area contributed by atoms with Crippen LogP contribution in [0.1, 0.15) is 42.4 Å². The molecule has 3 nitrogen and oxygen atoms in total. The van der Waals surface area contributed by atoms with E-state index in [4.69, 9.17) is 0 Å². The van der Waals surface area contributed by atoms with Crippen molar-refractivity contribution in [3.8, 4) is 0 Å². The van der Waals surface area contributed by atoms with Crippen LogP contribution in [0.5, 0.6) is 0 Å². The van der Waals surface area contributed by atoms with Crippen LogP contribution in [0.2, 0.25) is 0 Å². The Morgan fingerprint density at radius 3 is 2.68 bits per heavy atom. The molecule has 0 aliphatic rings. The zero-order chi connectivity index (χ0) is 16.5. The highest BCUT2D eigenvalue weighted by Crippen LogP contribution is 2.32. The summed E-state index contributed by atoms with van der Waals surface area (Å²) in [5, 5.41) is 13.0. The van der Waals surface area contributed by atoms with E-state index in [1.54, 1.807) is 6.07 Å². The van der Waals surface area contributed by atoms with Gasteiger partial charge in [0.2, 0.25) is 0 Å². The second-order valence-electron chi connectivity index (χ2n) is 6.60. The van der Waals surface area contributed by atoms with E-state index < -0.39 is 0 Å². The first-order chi connectivity index (χ1) is 10.2. The Labute approximate surface area is 134 Å². The molecule has 22 heavy (non-hydrogen) atoms. The molecular formula is C17H22FNO2S. The lowest BCUT2D eigenvalue weighted by Crippen LogP contribution is -2.44. The highest BCUT2D eigenvalue weighted by Gasteiger charge is 2.27. The summed E-state index contributed by atoms with van der Waals surface area (Å²) in [7, 11) is 0. The standard InChI is InChI=1S/C17H22FNO2S/c1-10-12-9-11(18)5-6-13(12)22-15(10)16(21)19-14(7-8-20)17(2,3)4/h5-6,9,14,20H,7-8H2,1-4H3,(H,19,21)/t14-/m0/s1. The normalized spacial score (nSPS) is 13.4. The van der Waals surface area contributed by atoms with Crippen molar-refractivity contribution in [1.82, 2.24) is 5.32 Å². The summed E-state index contributed by atoms with van der Waals surface area (Å²) in [6, 6.07) is 4.45. The highest BCUT2D eigenvalue weighted by atomic mass is 32.1. The van der Waals surface area contributed by atoms with Crippen molar-refractivity contribution in [3.63, 3.8) is 0 Å². The molecule has 1 aromatic carbocycles.